The average molecular weight is 395 g/mol. The molecule has 0 aliphatic carbocycles. The van der Waals surface area contributed by atoms with Gasteiger partial charge in [0.1, 0.15) is 24.0 Å². The third kappa shape index (κ3) is 3.78. The van der Waals surface area contributed by atoms with E-state index >= 15 is 0 Å². The zero-order valence-corrected chi connectivity index (χ0v) is 16.7. The first-order chi connectivity index (χ1) is 13.7. The number of hydrogen-bond donors (Lipinski definition) is 0. The molecule has 144 valence electrons. The number of ketones is 1. The topological polar surface area (TPSA) is 57.7 Å². The number of carbonyl (C=O) groups excluding carboxylic acids is 1. The normalized spacial score (nSPS) is 12.8. The van der Waals surface area contributed by atoms with E-state index in [1.54, 1.807) is 25.3 Å². The van der Waals surface area contributed by atoms with Gasteiger partial charge in [-0.2, -0.15) is 0 Å². The van der Waals surface area contributed by atoms with Gasteiger partial charge in [-0.25, -0.2) is 4.98 Å². The van der Waals surface area contributed by atoms with E-state index in [2.05, 4.69) is 13.0 Å². The van der Waals surface area contributed by atoms with Gasteiger partial charge in [0.15, 0.2) is 17.3 Å². The lowest BCUT2D eigenvalue weighted by Gasteiger charge is -2.18. The second-order valence-electron chi connectivity index (χ2n) is 6.44. The Morgan fingerprint density at radius 3 is 2.71 bits per heavy atom. The Labute approximate surface area is 168 Å². The van der Waals surface area contributed by atoms with Crippen LogP contribution in [0.4, 0.5) is 0 Å². The van der Waals surface area contributed by atoms with E-state index in [4.69, 9.17) is 19.2 Å². The zero-order valence-electron chi connectivity index (χ0n) is 15.9. The van der Waals surface area contributed by atoms with Crippen LogP contribution >= 0.6 is 11.8 Å². The molecule has 0 atom stereocenters. The van der Waals surface area contributed by atoms with Crippen LogP contribution in [0.1, 0.15) is 22.8 Å². The summed E-state index contributed by atoms with van der Waals surface area (Å²) in [7, 11) is 1.64. The highest BCUT2D eigenvalue weighted by Gasteiger charge is 2.16. The summed E-state index contributed by atoms with van der Waals surface area (Å²) in [5.41, 5.74) is 2.63. The minimum Gasteiger partial charge on any atom is -0.497 e. The molecule has 1 aromatic heterocycles. The third-order valence-corrected chi connectivity index (χ3v) is 5.68. The molecule has 0 saturated heterocycles. The number of fused-ring (bicyclic) bond motifs is 2. The molecule has 0 unspecified atom stereocenters. The molecule has 2 aromatic carbocycles. The van der Waals surface area contributed by atoms with Crippen LogP contribution in [0.25, 0.3) is 10.9 Å². The second kappa shape index (κ2) is 8.10. The van der Waals surface area contributed by atoms with Gasteiger partial charge in [-0.3, -0.25) is 4.79 Å². The first-order valence-corrected chi connectivity index (χ1v) is 10.2. The Morgan fingerprint density at radius 2 is 1.93 bits per heavy atom. The highest BCUT2D eigenvalue weighted by atomic mass is 32.2. The Morgan fingerprint density at radius 1 is 1.11 bits per heavy atom. The number of aromatic nitrogens is 1. The van der Waals surface area contributed by atoms with Gasteiger partial charge in [-0.15, -0.1) is 0 Å². The van der Waals surface area contributed by atoms with Gasteiger partial charge in [0.25, 0.3) is 0 Å². The van der Waals surface area contributed by atoms with E-state index in [0.29, 0.717) is 36.0 Å². The average Bonchev–Trinajstić information content (AvgIpc) is 2.75. The molecule has 4 rings (SSSR count). The highest BCUT2D eigenvalue weighted by Crippen LogP contribution is 2.32. The Hall–Kier alpha value is -2.73. The van der Waals surface area contributed by atoms with Crippen molar-refractivity contribution in [2.24, 2.45) is 0 Å². The predicted molar refractivity (Wildman–Crippen MR) is 110 cm³/mol. The van der Waals surface area contributed by atoms with Crippen LogP contribution in [0.3, 0.4) is 0 Å². The van der Waals surface area contributed by atoms with E-state index < -0.39 is 0 Å². The number of carbonyl (C=O) groups is 1. The molecule has 6 heteroatoms. The molecule has 1 aliphatic rings. The van der Waals surface area contributed by atoms with Crippen molar-refractivity contribution in [2.45, 2.75) is 18.4 Å². The van der Waals surface area contributed by atoms with Gasteiger partial charge in [0.05, 0.1) is 18.4 Å². The molecular weight excluding hydrogens is 374 g/mol. The number of thioether (sulfide) groups is 1. The number of rotatable bonds is 6. The molecule has 2 heterocycles. The van der Waals surface area contributed by atoms with Crippen molar-refractivity contribution in [3.8, 4) is 17.2 Å². The number of aryl methyl sites for hydroxylation is 1. The van der Waals surface area contributed by atoms with Crippen LogP contribution in [0.2, 0.25) is 0 Å². The van der Waals surface area contributed by atoms with Gasteiger partial charge in [0.2, 0.25) is 0 Å². The SMILES string of the molecule is CCc1cc2ccc(OC)cc2nc1SCC(=O)c1ccc2c(c1)OCCO2. The van der Waals surface area contributed by atoms with Crippen LogP contribution in [0.5, 0.6) is 17.2 Å². The molecular formula is C22H21NO4S. The first-order valence-electron chi connectivity index (χ1n) is 9.21. The van der Waals surface area contributed by atoms with Crippen molar-refractivity contribution < 1.29 is 19.0 Å². The number of ether oxygens (including phenoxy) is 3. The molecule has 0 spiro atoms. The largest absolute Gasteiger partial charge is 0.497 e. The Kier molecular flexibility index (Phi) is 5.39. The third-order valence-electron chi connectivity index (χ3n) is 4.65. The van der Waals surface area contributed by atoms with E-state index in [0.717, 1.165) is 33.7 Å². The van der Waals surface area contributed by atoms with E-state index in [-0.39, 0.29) is 5.78 Å². The lowest BCUT2D eigenvalue weighted by Crippen LogP contribution is -2.16. The first kappa shape index (κ1) is 18.6. The minimum absolute atomic E-state index is 0.0385. The fraction of sp³-hybridized carbons (Fsp3) is 0.273. The molecule has 0 radical (unpaired) electrons. The maximum atomic E-state index is 12.7. The molecule has 1 aliphatic heterocycles. The van der Waals surface area contributed by atoms with Crippen molar-refractivity contribution in [1.29, 1.82) is 0 Å². The van der Waals surface area contributed by atoms with Crippen LogP contribution in [0, 0.1) is 0 Å². The summed E-state index contributed by atoms with van der Waals surface area (Å²) < 4.78 is 16.4. The molecule has 28 heavy (non-hydrogen) atoms. The summed E-state index contributed by atoms with van der Waals surface area (Å²) in [6.07, 6.45) is 0.857. The molecule has 0 amide bonds. The number of benzene rings is 2. The quantitative estimate of drug-likeness (QED) is 0.451. The second-order valence-corrected chi connectivity index (χ2v) is 7.40. The van der Waals surface area contributed by atoms with Crippen molar-refractivity contribution in [1.82, 2.24) is 4.98 Å². The van der Waals surface area contributed by atoms with Gasteiger partial charge >= 0.3 is 0 Å². The molecule has 0 N–H and O–H groups in total. The van der Waals surface area contributed by atoms with Crippen LogP contribution in [-0.2, 0) is 6.42 Å². The highest BCUT2D eigenvalue weighted by molar-refractivity contribution is 8.00. The molecule has 5 nitrogen and oxygen atoms in total. The fourth-order valence-electron chi connectivity index (χ4n) is 3.11. The number of hydrogen-bond acceptors (Lipinski definition) is 6. The number of Topliss-reactive ketones (excluding diaryl/α,β-unsaturated/α-hetero) is 1. The van der Waals surface area contributed by atoms with Crippen LogP contribution < -0.4 is 14.2 Å². The predicted octanol–water partition coefficient (Wildman–Crippen LogP) is 4.55. The number of pyridine rings is 1. The molecule has 0 saturated carbocycles. The standard InChI is InChI=1S/C22H21NO4S/c1-3-14-10-15-4-6-17(25-2)12-18(15)23-22(14)28-13-19(24)16-5-7-20-21(11-16)27-9-8-26-20/h4-7,10-12H,3,8-9,13H2,1-2H3. The molecule has 0 bridgehead atoms. The van der Waals surface area contributed by atoms with Crippen molar-refractivity contribution in [3.05, 3.63) is 53.6 Å². The lowest BCUT2D eigenvalue weighted by atomic mass is 10.1. The maximum absolute atomic E-state index is 12.7. The Balaban J connectivity index is 1.55. The Bertz CT molecular complexity index is 1030. The monoisotopic (exact) mass is 395 g/mol. The van der Waals surface area contributed by atoms with Gasteiger partial charge in [0, 0.05) is 17.0 Å². The van der Waals surface area contributed by atoms with Crippen LogP contribution in [-0.4, -0.2) is 36.8 Å². The van der Waals surface area contributed by atoms with Crippen molar-refractivity contribution in [3.63, 3.8) is 0 Å². The molecule has 3 aromatic rings. The summed E-state index contributed by atoms with van der Waals surface area (Å²) in [5, 5.41) is 1.95. The summed E-state index contributed by atoms with van der Waals surface area (Å²) in [6.45, 7) is 3.14. The van der Waals surface area contributed by atoms with Gasteiger partial charge in [-0.1, -0.05) is 18.7 Å². The van der Waals surface area contributed by atoms with Crippen molar-refractivity contribution in [2.75, 3.05) is 26.1 Å². The summed E-state index contributed by atoms with van der Waals surface area (Å²) >= 11 is 1.47. The maximum Gasteiger partial charge on any atom is 0.173 e. The van der Waals surface area contributed by atoms with Gasteiger partial charge < -0.3 is 14.2 Å². The molecule has 0 fully saturated rings. The van der Waals surface area contributed by atoms with E-state index in [9.17, 15) is 4.79 Å². The summed E-state index contributed by atoms with van der Waals surface area (Å²) in [6, 6.07) is 13.3. The number of nitrogens with zero attached hydrogens (tertiary/aromatic N) is 1. The van der Waals surface area contributed by atoms with Crippen LogP contribution in [0.15, 0.2) is 47.5 Å². The zero-order chi connectivity index (χ0) is 19.5. The summed E-state index contributed by atoms with van der Waals surface area (Å²) in [5.74, 6) is 2.44. The van der Waals surface area contributed by atoms with E-state index in [1.165, 1.54) is 11.8 Å². The minimum atomic E-state index is 0.0385. The smallest absolute Gasteiger partial charge is 0.173 e. The van der Waals surface area contributed by atoms with E-state index in [1.807, 2.05) is 18.2 Å². The summed E-state index contributed by atoms with van der Waals surface area (Å²) in [4.78, 5) is 17.5. The number of methoxy groups -OCH3 is 1. The fourth-order valence-corrected chi connectivity index (χ4v) is 4.10. The lowest BCUT2D eigenvalue weighted by molar-refractivity contribution is 0.102. The van der Waals surface area contributed by atoms with Crippen molar-refractivity contribution >= 4 is 28.4 Å². The van der Waals surface area contributed by atoms with Gasteiger partial charge in [-0.05, 0) is 48.4 Å².